The number of ether oxygens (including phenoxy) is 1. The fourth-order valence-electron chi connectivity index (χ4n) is 2.13. The molecular weight excluding hydrogens is 236 g/mol. The van der Waals surface area contributed by atoms with Gasteiger partial charge in [0.15, 0.2) is 0 Å². The van der Waals surface area contributed by atoms with E-state index in [1.165, 1.54) is 12.8 Å². The van der Waals surface area contributed by atoms with Gasteiger partial charge in [-0.1, -0.05) is 24.1 Å². The maximum Gasteiger partial charge on any atom is 0.123 e. The molecule has 102 valence electrons. The van der Waals surface area contributed by atoms with E-state index in [0.29, 0.717) is 19.7 Å². The molecular formula is C16H22N2O. The molecule has 0 atom stereocenters. The second-order valence-electron chi connectivity index (χ2n) is 5.04. The van der Waals surface area contributed by atoms with E-state index in [9.17, 15) is 0 Å². The SMILES string of the molecule is C#CCN(CCOc1ccccc1CN)CC1CC1. The minimum Gasteiger partial charge on any atom is -0.492 e. The first-order valence-corrected chi connectivity index (χ1v) is 6.90. The lowest BCUT2D eigenvalue weighted by atomic mass is 10.2. The zero-order chi connectivity index (χ0) is 13.5. The van der Waals surface area contributed by atoms with Crippen LogP contribution in [0, 0.1) is 18.3 Å². The van der Waals surface area contributed by atoms with Crippen LogP contribution in [0.3, 0.4) is 0 Å². The van der Waals surface area contributed by atoms with Gasteiger partial charge >= 0.3 is 0 Å². The Morgan fingerprint density at radius 3 is 2.84 bits per heavy atom. The van der Waals surface area contributed by atoms with E-state index in [1.54, 1.807) is 0 Å². The number of rotatable bonds is 8. The fraction of sp³-hybridized carbons (Fsp3) is 0.500. The Labute approximate surface area is 115 Å². The number of terminal acetylenes is 1. The summed E-state index contributed by atoms with van der Waals surface area (Å²) >= 11 is 0. The molecule has 1 saturated carbocycles. The van der Waals surface area contributed by atoms with Gasteiger partial charge in [0.1, 0.15) is 12.4 Å². The normalized spacial score (nSPS) is 14.4. The number of hydrogen-bond acceptors (Lipinski definition) is 3. The second-order valence-corrected chi connectivity index (χ2v) is 5.04. The first-order chi connectivity index (χ1) is 9.33. The van der Waals surface area contributed by atoms with Crippen molar-refractivity contribution >= 4 is 0 Å². The van der Waals surface area contributed by atoms with Crippen LogP contribution in [-0.4, -0.2) is 31.1 Å². The van der Waals surface area contributed by atoms with Crippen molar-refractivity contribution < 1.29 is 4.74 Å². The average Bonchev–Trinajstić information content (AvgIpc) is 3.23. The molecule has 0 radical (unpaired) electrons. The van der Waals surface area contributed by atoms with Gasteiger partial charge in [0, 0.05) is 25.2 Å². The maximum absolute atomic E-state index is 5.82. The van der Waals surface area contributed by atoms with E-state index in [4.69, 9.17) is 16.9 Å². The molecule has 1 aliphatic rings. The van der Waals surface area contributed by atoms with Gasteiger partial charge in [0.25, 0.3) is 0 Å². The Kier molecular flexibility index (Phi) is 5.26. The third-order valence-electron chi connectivity index (χ3n) is 3.39. The molecule has 3 nitrogen and oxygen atoms in total. The zero-order valence-corrected chi connectivity index (χ0v) is 11.3. The largest absolute Gasteiger partial charge is 0.492 e. The summed E-state index contributed by atoms with van der Waals surface area (Å²) in [6.45, 7) is 3.85. The number of nitrogens with two attached hydrogens (primary N) is 1. The molecule has 0 unspecified atom stereocenters. The predicted molar refractivity (Wildman–Crippen MR) is 77.8 cm³/mol. The smallest absolute Gasteiger partial charge is 0.123 e. The summed E-state index contributed by atoms with van der Waals surface area (Å²) in [6.07, 6.45) is 8.10. The first-order valence-electron chi connectivity index (χ1n) is 6.90. The van der Waals surface area contributed by atoms with Crippen LogP contribution in [0.15, 0.2) is 24.3 Å². The van der Waals surface area contributed by atoms with Crippen molar-refractivity contribution in [1.82, 2.24) is 4.90 Å². The molecule has 1 fully saturated rings. The van der Waals surface area contributed by atoms with Crippen LogP contribution in [0.4, 0.5) is 0 Å². The van der Waals surface area contributed by atoms with E-state index in [1.807, 2.05) is 24.3 Å². The first kappa shape index (κ1) is 13.9. The molecule has 1 aromatic carbocycles. The standard InChI is InChI=1S/C16H22N2O/c1-2-9-18(13-14-7-8-14)10-11-19-16-6-4-3-5-15(16)12-17/h1,3-6,14H,7-13,17H2. The molecule has 1 aliphatic carbocycles. The lowest BCUT2D eigenvalue weighted by molar-refractivity contribution is 0.218. The van der Waals surface area contributed by atoms with E-state index in [2.05, 4.69) is 10.8 Å². The molecule has 1 aromatic rings. The highest BCUT2D eigenvalue weighted by Crippen LogP contribution is 2.29. The Morgan fingerprint density at radius 1 is 1.37 bits per heavy atom. The van der Waals surface area contributed by atoms with Gasteiger partial charge in [0.05, 0.1) is 6.54 Å². The summed E-state index contributed by atoms with van der Waals surface area (Å²) in [5.74, 6) is 4.46. The van der Waals surface area contributed by atoms with Crippen LogP contribution in [0.1, 0.15) is 18.4 Å². The van der Waals surface area contributed by atoms with Crippen molar-refractivity contribution in [3.8, 4) is 18.1 Å². The molecule has 0 amide bonds. The number of para-hydroxylation sites is 1. The minimum absolute atomic E-state index is 0.506. The van der Waals surface area contributed by atoms with Crippen LogP contribution in [0.5, 0.6) is 5.75 Å². The Balaban J connectivity index is 1.78. The predicted octanol–water partition coefficient (Wildman–Crippen LogP) is 1.87. The van der Waals surface area contributed by atoms with E-state index in [0.717, 1.165) is 30.3 Å². The van der Waals surface area contributed by atoms with Crippen LogP contribution in [0.25, 0.3) is 0 Å². The number of hydrogen-bond donors (Lipinski definition) is 1. The zero-order valence-electron chi connectivity index (χ0n) is 11.3. The summed E-state index contributed by atoms with van der Waals surface area (Å²) in [4.78, 5) is 2.29. The highest BCUT2D eigenvalue weighted by Gasteiger charge is 2.23. The lowest BCUT2D eigenvalue weighted by Crippen LogP contribution is -2.31. The average molecular weight is 258 g/mol. The van der Waals surface area contributed by atoms with E-state index < -0.39 is 0 Å². The van der Waals surface area contributed by atoms with Gasteiger partial charge in [-0.2, -0.15) is 0 Å². The molecule has 2 rings (SSSR count). The van der Waals surface area contributed by atoms with E-state index in [-0.39, 0.29) is 0 Å². The van der Waals surface area contributed by atoms with Crippen molar-refractivity contribution in [2.75, 3.05) is 26.2 Å². The van der Waals surface area contributed by atoms with Crippen LogP contribution >= 0.6 is 0 Å². The molecule has 19 heavy (non-hydrogen) atoms. The van der Waals surface area contributed by atoms with Gasteiger partial charge in [0.2, 0.25) is 0 Å². The molecule has 0 heterocycles. The second kappa shape index (κ2) is 7.18. The minimum atomic E-state index is 0.506. The van der Waals surface area contributed by atoms with Crippen molar-refractivity contribution in [2.24, 2.45) is 11.7 Å². The molecule has 0 spiro atoms. The molecule has 0 saturated heterocycles. The Hall–Kier alpha value is -1.50. The molecule has 3 heteroatoms. The molecule has 2 N–H and O–H groups in total. The third-order valence-corrected chi connectivity index (χ3v) is 3.39. The fourth-order valence-corrected chi connectivity index (χ4v) is 2.13. The molecule has 0 aliphatic heterocycles. The highest BCUT2D eigenvalue weighted by atomic mass is 16.5. The number of nitrogens with zero attached hydrogens (tertiary/aromatic N) is 1. The summed E-state index contributed by atoms with van der Waals surface area (Å²) in [5, 5.41) is 0. The lowest BCUT2D eigenvalue weighted by Gasteiger charge is -2.20. The Bertz CT molecular complexity index is 435. The van der Waals surface area contributed by atoms with Crippen LogP contribution in [0.2, 0.25) is 0 Å². The van der Waals surface area contributed by atoms with Crippen LogP contribution in [-0.2, 0) is 6.54 Å². The third kappa shape index (κ3) is 4.59. The van der Waals surface area contributed by atoms with Gasteiger partial charge in [-0.25, -0.2) is 0 Å². The monoisotopic (exact) mass is 258 g/mol. The van der Waals surface area contributed by atoms with Crippen molar-refractivity contribution in [2.45, 2.75) is 19.4 Å². The van der Waals surface area contributed by atoms with Crippen molar-refractivity contribution in [3.05, 3.63) is 29.8 Å². The van der Waals surface area contributed by atoms with Crippen LogP contribution < -0.4 is 10.5 Å². The Morgan fingerprint density at radius 2 is 2.16 bits per heavy atom. The quantitative estimate of drug-likeness (QED) is 0.723. The van der Waals surface area contributed by atoms with Gasteiger partial charge in [-0.15, -0.1) is 6.42 Å². The topological polar surface area (TPSA) is 38.5 Å². The summed E-state index contributed by atoms with van der Waals surface area (Å²) in [5.41, 5.74) is 6.74. The van der Waals surface area contributed by atoms with Gasteiger partial charge in [-0.3, -0.25) is 4.90 Å². The number of benzene rings is 1. The van der Waals surface area contributed by atoms with E-state index >= 15 is 0 Å². The molecule has 0 bridgehead atoms. The molecule has 0 aromatic heterocycles. The van der Waals surface area contributed by atoms with Gasteiger partial charge < -0.3 is 10.5 Å². The highest BCUT2D eigenvalue weighted by molar-refractivity contribution is 5.32. The summed E-state index contributed by atoms with van der Waals surface area (Å²) in [7, 11) is 0. The summed E-state index contributed by atoms with van der Waals surface area (Å²) in [6, 6.07) is 7.91. The maximum atomic E-state index is 5.82. The van der Waals surface area contributed by atoms with Crippen molar-refractivity contribution in [1.29, 1.82) is 0 Å². The summed E-state index contributed by atoms with van der Waals surface area (Å²) < 4.78 is 5.82. The van der Waals surface area contributed by atoms with Gasteiger partial charge in [-0.05, 0) is 24.8 Å². The van der Waals surface area contributed by atoms with Crippen molar-refractivity contribution in [3.63, 3.8) is 0 Å².